The molecule has 0 bridgehead atoms. The Morgan fingerprint density at radius 3 is 2.36 bits per heavy atom. The number of urea groups is 1. The quantitative estimate of drug-likeness (QED) is 0.733. The number of carbonyl (C=O) groups excluding carboxylic acids is 1. The normalized spacial score (nSPS) is 18.6. The summed E-state index contributed by atoms with van der Waals surface area (Å²) < 4.78 is 0. The van der Waals surface area contributed by atoms with Gasteiger partial charge in [0, 0.05) is 25.7 Å². The Morgan fingerprint density at radius 2 is 2.00 bits per heavy atom. The maximum Gasteiger partial charge on any atom is 0.320 e. The molecule has 1 aliphatic heterocycles. The summed E-state index contributed by atoms with van der Waals surface area (Å²) in [5.41, 5.74) is 5.44. The van der Waals surface area contributed by atoms with Gasteiger partial charge in [-0.15, -0.1) is 0 Å². The smallest absolute Gasteiger partial charge is 0.320 e. The molecule has 1 aliphatic rings. The van der Waals surface area contributed by atoms with Crippen LogP contribution in [0.4, 0.5) is 4.79 Å². The summed E-state index contributed by atoms with van der Waals surface area (Å²) in [7, 11) is 0. The van der Waals surface area contributed by atoms with E-state index in [1.165, 1.54) is 0 Å². The Kier molecular flexibility index (Phi) is 3.04. The third-order valence-corrected chi connectivity index (χ3v) is 2.89. The van der Waals surface area contributed by atoms with Crippen LogP contribution in [0.3, 0.4) is 0 Å². The lowest BCUT2D eigenvalue weighted by atomic mass is 10.0. The summed E-state index contributed by atoms with van der Waals surface area (Å²) in [5, 5.41) is 0. The van der Waals surface area contributed by atoms with E-state index in [0.29, 0.717) is 6.54 Å². The van der Waals surface area contributed by atoms with Crippen LogP contribution in [0.15, 0.2) is 0 Å². The summed E-state index contributed by atoms with van der Waals surface area (Å²) in [5.74, 6) is 0. The van der Waals surface area contributed by atoms with Gasteiger partial charge in [-0.05, 0) is 27.7 Å². The Balaban J connectivity index is 2.74. The van der Waals surface area contributed by atoms with E-state index < -0.39 is 0 Å². The van der Waals surface area contributed by atoms with Gasteiger partial charge >= 0.3 is 6.03 Å². The van der Waals surface area contributed by atoms with Gasteiger partial charge in [0.2, 0.25) is 0 Å². The third-order valence-electron chi connectivity index (χ3n) is 2.89. The lowest BCUT2D eigenvalue weighted by molar-refractivity contribution is 0.145. The van der Waals surface area contributed by atoms with Crippen LogP contribution < -0.4 is 5.73 Å². The number of carbonyl (C=O) groups is 1. The van der Waals surface area contributed by atoms with Crippen molar-refractivity contribution in [2.24, 2.45) is 5.73 Å². The molecule has 0 spiro atoms. The molecular weight excluding hydrogens is 178 g/mol. The van der Waals surface area contributed by atoms with Gasteiger partial charge in [0.1, 0.15) is 0 Å². The molecule has 0 aromatic rings. The molecule has 0 saturated carbocycles. The van der Waals surface area contributed by atoms with Crippen molar-refractivity contribution in [3.63, 3.8) is 0 Å². The predicted octanol–water partition coefficient (Wildman–Crippen LogP) is 0.870. The summed E-state index contributed by atoms with van der Waals surface area (Å²) in [6, 6.07) is 0.400. The van der Waals surface area contributed by atoms with Crippen LogP contribution in [-0.4, -0.2) is 47.0 Å². The van der Waals surface area contributed by atoms with Gasteiger partial charge in [-0.3, -0.25) is 0 Å². The average Bonchev–Trinajstić information content (AvgIpc) is 2.47. The van der Waals surface area contributed by atoms with Gasteiger partial charge in [-0.25, -0.2) is 4.79 Å². The lowest BCUT2D eigenvalue weighted by Gasteiger charge is -2.34. The van der Waals surface area contributed by atoms with Crippen LogP contribution in [0.1, 0.15) is 27.7 Å². The number of nitrogens with two attached hydrogens (primary N) is 1. The molecule has 1 heterocycles. The highest BCUT2D eigenvalue weighted by atomic mass is 16.2. The monoisotopic (exact) mass is 199 g/mol. The zero-order chi connectivity index (χ0) is 10.9. The van der Waals surface area contributed by atoms with Crippen molar-refractivity contribution in [3.05, 3.63) is 0 Å². The van der Waals surface area contributed by atoms with E-state index in [0.717, 1.165) is 13.1 Å². The second kappa shape index (κ2) is 3.77. The minimum Gasteiger partial charge on any atom is -0.328 e. The number of nitrogens with zero attached hydrogens (tertiary/aromatic N) is 2. The molecule has 0 aromatic carbocycles. The molecule has 2 N–H and O–H groups in total. The van der Waals surface area contributed by atoms with Gasteiger partial charge in [0.15, 0.2) is 0 Å². The Morgan fingerprint density at radius 1 is 1.43 bits per heavy atom. The minimum atomic E-state index is -0.222. The summed E-state index contributed by atoms with van der Waals surface area (Å²) in [4.78, 5) is 15.7. The first kappa shape index (κ1) is 11.3. The number of hydrogen-bond acceptors (Lipinski definition) is 2. The molecule has 1 saturated heterocycles. The fourth-order valence-corrected chi connectivity index (χ4v) is 1.70. The molecule has 2 amide bonds. The van der Waals surface area contributed by atoms with Crippen LogP contribution in [0.2, 0.25) is 0 Å². The first-order chi connectivity index (χ1) is 6.40. The van der Waals surface area contributed by atoms with Crippen molar-refractivity contribution >= 4 is 6.03 Å². The molecular formula is C10H21N3O. The second-order valence-corrected chi connectivity index (χ2v) is 4.74. The first-order valence-electron chi connectivity index (χ1n) is 5.18. The first-order valence-corrected chi connectivity index (χ1v) is 5.18. The zero-order valence-electron chi connectivity index (χ0n) is 9.58. The van der Waals surface area contributed by atoms with Crippen LogP contribution in [0.25, 0.3) is 0 Å². The Labute approximate surface area is 86.0 Å². The van der Waals surface area contributed by atoms with Crippen molar-refractivity contribution in [1.29, 1.82) is 0 Å². The van der Waals surface area contributed by atoms with E-state index in [9.17, 15) is 4.79 Å². The van der Waals surface area contributed by atoms with Crippen molar-refractivity contribution in [2.75, 3.05) is 19.6 Å². The Bertz CT molecular complexity index is 225. The molecule has 1 rings (SSSR count). The van der Waals surface area contributed by atoms with E-state index in [2.05, 4.69) is 0 Å². The third kappa shape index (κ3) is 1.85. The van der Waals surface area contributed by atoms with Crippen LogP contribution in [-0.2, 0) is 0 Å². The summed E-state index contributed by atoms with van der Waals surface area (Å²) in [6.45, 7) is 10.2. The van der Waals surface area contributed by atoms with Crippen molar-refractivity contribution in [1.82, 2.24) is 9.80 Å². The maximum atomic E-state index is 11.9. The molecule has 0 aromatic heterocycles. The number of hydrogen-bond donors (Lipinski definition) is 1. The Hall–Kier alpha value is -0.770. The molecule has 4 heteroatoms. The van der Waals surface area contributed by atoms with Gasteiger partial charge < -0.3 is 15.5 Å². The highest BCUT2D eigenvalue weighted by molar-refractivity contribution is 5.77. The molecule has 1 fully saturated rings. The topological polar surface area (TPSA) is 49.6 Å². The van der Waals surface area contributed by atoms with Crippen LogP contribution in [0, 0.1) is 0 Å². The minimum absolute atomic E-state index is 0.121. The standard InChI is InChI=1S/C10H21N3O/c1-8(2)12-5-6-13(9(12)14)10(3,4)7-11/h8H,5-7,11H2,1-4H3. The summed E-state index contributed by atoms with van der Waals surface area (Å²) >= 11 is 0. The highest BCUT2D eigenvalue weighted by Crippen LogP contribution is 2.21. The van der Waals surface area contributed by atoms with Crippen LogP contribution in [0.5, 0.6) is 0 Å². The van der Waals surface area contributed by atoms with Crippen LogP contribution >= 0.6 is 0 Å². The molecule has 82 valence electrons. The van der Waals surface area contributed by atoms with Gasteiger partial charge in [0.05, 0.1) is 5.54 Å². The van der Waals surface area contributed by atoms with Crippen molar-refractivity contribution in [2.45, 2.75) is 39.3 Å². The molecule has 14 heavy (non-hydrogen) atoms. The van der Waals surface area contributed by atoms with Gasteiger partial charge in [0.25, 0.3) is 0 Å². The molecule has 0 unspecified atom stereocenters. The lowest BCUT2D eigenvalue weighted by Crippen LogP contribution is -2.51. The molecule has 0 radical (unpaired) electrons. The summed E-state index contributed by atoms with van der Waals surface area (Å²) in [6.07, 6.45) is 0. The van der Waals surface area contributed by atoms with E-state index in [1.807, 2.05) is 37.5 Å². The van der Waals surface area contributed by atoms with Crippen molar-refractivity contribution < 1.29 is 4.79 Å². The van der Waals surface area contributed by atoms with E-state index in [-0.39, 0.29) is 17.6 Å². The van der Waals surface area contributed by atoms with E-state index >= 15 is 0 Å². The maximum absolute atomic E-state index is 11.9. The number of rotatable bonds is 3. The number of amides is 2. The molecule has 0 aliphatic carbocycles. The van der Waals surface area contributed by atoms with Gasteiger partial charge in [-0.1, -0.05) is 0 Å². The predicted molar refractivity (Wildman–Crippen MR) is 57.1 cm³/mol. The fourth-order valence-electron chi connectivity index (χ4n) is 1.70. The largest absolute Gasteiger partial charge is 0.328 e. The van der Waals surface area contributed by atoms with Crippen molar-refractivity contribution in [3.8, 4) is 0 Å². The zero-order valence-corrected chi connectivity index (χ0v) is 9.58. The van der Waals surface area contributed by atoms with E-state index in [1.54, 1.807) is 0 Å². The van der Waals surface area contributed by atoms with Gasteiger partial charge in [-0.2, -0.15) is 0 Å². The van der Waals surface area contributed by atoms with E-state index in [4.69, 9.17) is 5.73 Å². The fraction of sp³-hybridized carbons (Fsp3) is 0.900. The second-order valence-electron chi connectivity index (χ2n) is 4.74. The highest BCUT2D eigenvalue weighted by Gasteiger charge is 2.38. The molecule has 0 atom stereocenters. The molecule has 4 nitrogen and oxygen atoms in total. The SMILES string of the molecule is CC(C)N1CCN(C(C)(C)CN)C1=O. The average molecular weight is 199 g/mol.